The summed E-state index contributed by atoms with van der Waals surface area (Å²) < 4.78 is 0. The van der Waals surface area contributed by atoms with E-state index in [1.54, 1.807) is 6.92 Å². The van der Waals surface area contributed by atoms with E-state index in [-0.39, 0.29) is 11.8 Å². The lowest BCUT2D eigenvalue weighted by molar-refractivity contribution is -0.119. The zero-order valence-corrected chi connectivity index (χ0v) is 18.6. The first-order chi connectivity index (χ1) is 15.1. The molecule has 0 heterocycles. The molecule has 3 nitrogen and oxygen atoms in total. The summed E-state index contributed by atoms with van der Waals surface area (Å²) in [5.41, 5.74) is 6.39. The van der Waals surface area contributed by atoms with Crippen molar-refractivity contribution in [3.05, 3.63) is 95.6 Å². The van der Waals surface area contributed by atoms with Crippen molar-refractivity contribution in [1.82, 2.24) is 10.2 Å². The number of benzene rings is 3. The number of Topliss-reactive ketones (excluding diaryl/α,β-unsaturated/α-hetero) is 1. The fourth-order valence-corrected chi connectivity index (χ4v) is 4.68. The average molecular weight is 413 g/mol. The van der Waals surface area contributed by atoms with E-state index in [4.69, 9.17) is 0 Å². The molecule has 0 saturated heterocycles. The van der Waals surface area contributed by atoms with Gasteiger partial charge in [0, 0.05) is 13.2 Å². The highest BCUT2D eigenvalue weighted by molar-refractivity contribution is 5.83. The SMILES string of the molecule is CC(=O)C(NCN(C)CC1CCc2ccccc2C1)c1ccc(-c2ccccc2)cc1. The van der Waals surface area contributed by atoms with Gasteiger partial charge in [0.05, 0.1) is 6.04 Å². The van der Waals surface area contributed by atoms with Crippen LogP contribution in [0.4, 0.5) is 0 Å². The molecule has 0 spiro atoms. The lowest BCUT2D eigenvalue weighted by Gasteiger charge is -2.29. The van der Waals surface area contributed by atoms with E-state index in [9.17, 15) is 4.79 Å². The number of carbonyl (C=O) groups excluding carboxylic acids is 1. The smallest absolute Gasteiger partial charge is 0.151 e. The monoisotopic (exact) mass is 412 g/mol. The van der Waals surface area contributed by atoms with Gasteiger partial charge in [-0.2, -0.15) is 0 Å². The van der Waals surface area contributed by atoms with Gasteiger partial charge in [0.2, 0.25) is 0 Å². The van der Waals surface area contributed by atoms with Crippen molar-refractivity contribution in [3.8, 4) is 11.1 Å². The van der Waals surface area contributed by atoms with Crippen LogP contribution >= 0.6 is 0 Å². The molecule has 0 bridgehead atoms. The number of hydrogen-bond acceptors (Lipinski definition) is 3. The molecule has 3 aromatic rings. The minimum absolute atomic E-state index is 0.146. The highest BCUT2D eigenvalue weighted by Crippen LogP contribution is 2.26. The molecular formula is C28H32N2O. The van der Waals surface area contributed by atoms with Gasteiger partial charge in [-0.05, 0) is 67.0 Å². The highest BCUT2D eigenvalue weighted by Gasteiger charge is 2.21. The first kappa shape index (κ1) is 21.5. The summed E-state index contributed by atoms with van der Waals surface area (Å²) in [6.07, 6.45) is 3.56. The number of hydrogen-bond donors (Lipinski definition) is 1. The van der Waals surface area contributed by atoms with Gasteiger partial charge in [-0.25, -0.2) is 0 Å². The normalized spacial score (nSPS) is 16.7. The van der Waals surface area contributed by atoms with Crippen LogP contribution in [0.5, 0.6) is 0 Å². The van der Waals surface area contributed by atoms with Gasteiger partial charge in [0.25, 0.3) is 0 Å². The Morgan fingerprint density at radius 1 is 0.935 bits per heavy atom. The van der Waals surface area contributed by atoms with Gasteiger partial charge in [0.1, 0.15) is 0 Å². The standard InChI is InChI=1S/C28H32N2O/c1-21(31)28(26-16-14-25(15-17-26)23-8-4-3-5-9-23)29-20-30(2)19-22-12-13-24-10-6-7-11-27(24)18-22/h3-11,14-17,22,28-29H,12-13,18-20H2,1-2H3. The summed E-state index contributed by atoms with van der Waals surface area (Å²) in [4.78, 5) is 14.7. The topological polar surface area (TPSA) is 32.3 Å². The largest absolute Gasteiger partial charge is 0.298 e. The van der Waals surface area contributed by atoms with Crippen LogP contribution < -0.4 is 5.32 Å². The van der Waals surface area contributed by atoms with Crippen LogP contribution in [-0.2, 0) is 17.6 Å². The lowest BCUT2D eigenvalue weighted by Crippen LogP contribution is -2.39. The van der Waals surface area contributed by atoms with Gasteiger partial charge >= 0.3 is 0 Å². The number of nitrogens with one attached hydrogen (secondary N) is 1. The third kappa shape index (κ3) is 5.49. The summed E-state index contributed by atoms with van der Waals surface area (Å²) in [6.45, 7) is 3.41. The van der Waals surface area contributed by atoms with Crippen LogP contribution in [0.1, 0.15) is 36.1 Å². The van der Waals surface area contributed by atoms with Crippen LogP contribution in [0, 0.1) is 5.92 Å². The van der Waals surface area contributed by atoms with E-state index >= 15 is 0 Å². The van der Waals surface area contributed by atoms with Gasteiger partial charge in [-0.15, -0.1) is 0 Å². The zero-order valence-electron chi connectivity index (χ0n) is 18.6. The van der Waals surface area contributed by atoms with Crippen LogP contribution in [0.15, 0.2) is 78.9 Å². The van der Waals surface area contributed by atoms with Crippen molar-refractivity contribution >= 4 is 5.78 Å². The van der Waals surface area contributed by atoms with Crippen molar-refractivity contribution in [2.24, 2.45) is 5.92 Å². The van der Waals surface area contributed by atoms with Crippen molar-refractivity contribution in [1.29, 1.82) is 0 Å². The minimum Gasteiger partial charge on any atom is -0.298 e. The number of carbonyl (C=O) groups is 1. The number of rotatable bonds is 8. The Kier molecular flexibility index (Phi) is 6.96. The van der Waals surface area contributed by atoms with E-state index in [0.717, 1.165) is 18.5 Å². The maximum atomic E-state index is 12.4. The molecule has 2 unspecified atom stereocenters. The molecule has 2 atom stereocenters. The second kappa shape index (κ2) is 10.0. The van der Waals surface area contributed by atoms with Crippen molar-refractivity contribution < 1.29 is 4.79 Å². The Morgan fingerprint density at radius 2 is 1.58 bits per heavy atom. The van der Waals surface area contributed by atoms with Gasteiger partial charge in [-0.1, -0.05) is 78.9 Å². The Balaban J connectivity index is 1.34. The maximum absolute atomic E-state index is 12.4. The van der Waals surface area contributed by atoms with Crippen molar-refractivity contribution in [2.75, 3.05) is 20.3 Å². The van der Waals surface area contributed by atoms with E-state index in [0.29, 0.717) is 12.6 Å². The molecule has 3 aromatic carbocycles. The number of fused-ring (bicyclic) bond motifs is 1. The fraction of sp³-hybridized carbons (Fsp3) is 0.321. The molecule has 31 heavy (non-hydrogen) atoms. The second-order valence-corrected chi connectivity index (χ2v) is 8.81. The fourth-order valence-electron chi connectivity index (χ4n) is 4.68. The third-order valence-electron chi connectivity index (χ3n) is 6.34. The molecule has 160 valence electrons. The maximum Gasteiger partial charge on any atom is 0.151 e. The van der Waals surface area contributed by atoms with E-state index in [1.165, 1.54) is 35.1 Å². The molecule has 1 aliphatic carbocycles. The summed E-state index contributed by atoms with van der Waals surface area (Å²) in [5.74, 6) is 0.815. The Hall–Kier alpha value is -2.75. The molecule has 0 aromatic heterocycles. The Bertz CT molecular complexity index is 997. The first-order valence-electron chi connectivity index (χ1n) is 11.2. The Labute approximate surface area is 186 Å². The number of ketones is 1. The van der Waals surface area contributed by atoms with Gasteiger partial charge in [0.15, 0.2) is 5.78 Å². The van der Waals surface area contributed by atoms with Crippen molar-refractivity contribution in [3.63, 3.8) is 0 Å². The van der Waals surface area contributed by atoms with E-state index in [1.807, 2.05) is 18.2 Å². The third-order valence-corrected chi connectivity index (χ3v) is 6.34. The number of nitrogens with zero attached hydrogens (tertiary/aromatic N) is 1. The molecule has 1 N–H and O–H groups in total. The summed E-state index contributed by atoms with van der Waals surface area (Å²) in [6, 6.07) is 27.2. The predicted molar refractivity (Wildman–Crippen MR) is 128 cm³/mol. The molecule has 0 radical (unpaired) electrons. The second-order valence-electron chi connectivity index (χ2n) is 8.81. The number of aryl methyl sites for hydroxylation is 1. The minimum atomic E-state index is -0.278. The predicted octanol–water partition coefficient (Wildman–Crippen LogP) is 5.27. The van der Waals surface area contributed by atoms with E-state index in [2.05, 4.69) is 77.9 Å². The molecule has 4 rings (SSSR count). The van der Waals surface area contributed by atoms with Crippen LogP contribution in [0.2, 0.25) is 0 Å². The van der Waals surface area contributed by atoms with Gasteiger partial charge < -0.3 is 0 Å². The lowest BCUT2D eigenvalue weighted by atomic mass is 9.84. The summed E-state index contributed by atoms with van der Waals surface area (Å²) in [7, 11) is 2.14. The average Bonchev–Trinajstić information content (AvgIpc) is 2.80. The molecule has 0 aliphatic heterocycles. The molecule has 0 fully saturated rings. The quantitative estimate of drug-likeness (QED) is 0.512. The van der Waals surface area contributed by atoms with Crippen LogP contribution in [0.3, 0.4) is 0 Å². The molecular weight excluding hydrogens is 380 g/mol. The van der Waals surface area contributed by atoms with Crippen LogP contribution in [0.25, 0.3) is 11.1 Å². The Morgan fingerprint density at radius 3 is 2.29 bits per heavy atom. The summed E-state index contributed by atoms with van der Waals surface area (Å²) >= 11 is 0. The molecule has 0 saturated carbocycles. The molecule has 3 heteroatoms. The zero-order chi connectivity index (χ0) is 21.6. The van der Waals surface area contributed by atoms with Crippen molar-refractivity contribution in [2.45, 2.75) is 32.2 Å². The van der Waals surface area contributed by atoms with Crippen LogP contribution in [-0.4, -0.2) is 30.9 Å². The first-order valence-corrected chi connectivity index (χ1v) is 11.2. The highest BCUT2D eigenvalue weighted by atomic mass is 16.1. The van der Waals surface area contributed by atoms with Gasteiger partial charge in [-0.3, -0.25) is 15.0 Å². The molecule has 0 amide bonds. The summed E-state index contributed by atoms with van der Waals surface area (Å²) in [5, 5.41) is 3.48. The molecule has 1 aliphatic rings. The van der Waals surface area contributed by atoms with E-state index < -0.39 is 0 Å².